The van der Waals surface area contributed by atoms with E-state index in [-0.39, 0.29) is 11.8 Å². The van der Waals surface area contributed by atoms with Gasteiger partial charge in [0.15, 0.2) is 0 Å². The molecule has 0 radical (unpaired) electrons. The predicted molar refractivity (Wildman–Crippen MR) is 74.8 cm³/mol. The first-order chi connectivity index (χ1) is 8.51. The van der Waals surface area contributed by atoms with E-state index in [1.807, 2.05) is 24.3 Å². The fraction of sp³-hybridized carbons (Fsp3) is 0.600. The second-order valence-corrected chi connectivity index (χ2v) is 5.21. The van der Waals surface area contributed by atoms with Gasteiger partial charge in [-0.1, -0.05) is 32.9 Å². The third-order valence-electron chi connectivity index (χ3n) is 3.78. The summed E-state index contributed by atoms with van der Waals surface area (Å²) in [5.74, 6) is 1.40. The van der Waals surface area contributed by atoms with E-state index in [0.717, 1.165) is 11.3 Å². The molecule has 1 rings (SSSR count). The van der Waals surface area contributed by atoms with Gasteiger partial charge in [0.2, 0.25) is 0 Å². The molecule has 1 aromatic carbocycles. The Hall–Kier alpha value is -1.06. The maximum Gasteiger partial charge on any atom is 0.119 e. The molecule has 0 amide bonds. The summed E-state index contributed by atoms with van der Waals surface area (Å²) in [5, 5.41) is 10.4. The van der Waals surface area contributed by atoms with Crippen molar-refractivity contribution in [3.05, 3.63) is 29.8 Å². The molecule has 1 aromatic rings. The SMILES string of the molecule is COc1cccc(C(CN)C(O)C(C)C(C)C)c1. The van der Waals surface area contributed by atoms with Crippen LogP contribution in [0.3, 0.4) is 0 Å². The minimum atomic E-state index is -0.429. The third-order valence-corrected chi connectivity index (χ3v) is 3.78. The van der Waals surface area contributed by atoms with Gasteiger partial charge in [-0.25, -0.2) is 0 Å². The first-order valence-electron chi connectivity index (χ1n) is 6.53. The lowest BCUT2D eigenvalue weighted by Gasteiger charge is -2.29. The number of ether oxygens (including phenoxy) is 1. The fourth-order valence-electron chi connectivity index (χ4n) is 2.11. The summed E-state index contributed by atoms with van der Waals surface area (Å²) >= 11 is 0. The number of nitrogens with two attached hydrogens (primary N) is 1. The summed E-state index contributed by atoms with van der Waals surface area (Å²) in [6, 6.07) is 7.78. The molecule has 0 aromatic heterocycles. The summed E-state index contributed by atoms with van der Waals surface area (Å²) in [7, 11) is 1.64. The van der Waals surface area contributed by atoms with Gasteiger partial charge < -0.3 is 15.6 Å². The monoisotopic (exact) mass is 251 g/mol. The predicted octanol–water partition coefficient (Wildman–Crippen LogP) is 2.39. The molecule has 3 nitrogen and oxygen atoms in total. The van der Waals surface area contributed by atoms with Crippen LogP contribution in [0.1, 0.15) is 32.3 Å². The summed E-state index contributed by atoms with van der Waals surface area (Å²) in [6.45, 7) is 6.74. The van der Waals surface area contributed by atoms with Gasteiger partial charge in [-0.05, 0) is 29.5 Å². The van der Waals surface area contributed by atoms with Crippen LogP contribution in [0.5, 0.6) is 5.75 Å². The number of methoxy groups -OCH3 is 1. The van der Waals surface area contributed by atoms with E-state index in [9.17, 15) is 5.11 Å². The van der Waals surface area contributed by atoms with Crippen LogP contribution in [0.15, 0.2) is 24.3 Å². The van der Waals surface area contributed by atoms with Crippen LogP contribution in [-0.2, 0) is 0 Å². The Labute approximate surface area is 110 Å². The van der Waals surface area contributed by atoms with E-state index in [1.165, 1.54) is 0 Å². The molecule has 3 atom stereocenters. The lowest BCUT2D eigenvalue weighted by atomic mass is 9.81. The molecule has 0 fully saturated rings. The maximum absolute atomic E-state index is 10.4. The zero-order valence-corrected chi connectivity index (χ0v) is 11.8. The normalized spacial score (nSPS) is 16.4. The van der Waals surface area contributed by atoms with Crippen molar-refractivity contribution in [1.29, 1.82) is 0 Å². The van der Waals surface area contributed by atoms with Crippen molar-refractivity contribution in [3.8, 4) is 5.75 Å². The van der Waals surface area contributed by atoms with Crippen molar-refractivity contribution >= 4 is 0 Å². The largest absolute Gasteiger partial charge is 0.497 e. The van der Waals surface area contributed by atoms with E-state index in [1.54, 1.807) is 7.11 Å². The van der Waals surface area contributed by atoms with Gasteiger partial charge >= 0.3 is 0 Å². The zero-order valence-electron chi connectivity index (χ0n) is 11.8. The summed E-state index contributed by atoms with van der Waals surface area (Å²) in [6.07, 6.45) is -0.429. The van der Waals surface area contributed by atoms with E-state index in [0.29, 0.717) is 12.5 Å². The van der Waals surface area contributed by atoms with Gasteiger partial charge in [-0.15, -0.1) is 0 Å². The molecule has 0 spiro atoms. The van der Waals surface area contributed by atoms with Crippen LogP contribution in [0, 0.1) is 11.8 Å². The molecule has 3 N–H and O–H groups in total. The molecule has 0 aliphatic carbocycles. The Kier molecular flexibility index (Phi) is 5.63. The molecule has 3 heteroatoms. The number of aliphatic hydroxyl groups is 1. The third kappa shape index (κ3) is 3.47. The van der Waals surface area contributed by atoms with Gasteiger partial charge in [0.1, 0.15) is 5.75 Å². The molecule has 0 saturated carbocycles. The smallest absolute Gasteiger partial charge is 0.119 e. The number of aliphatic hydroxyl groups excluding tert-OH is 1. The molecular formula is C15H25NO2. The second-order valence-electron chi connectivity index (χ2n) is 5.21. The Morgan fingerprint density at radius 1 is 1.28 bits per heavy atom. The number of hydrogen-bond donors (Lipinski definition) is 2. The summed E-state index contributed by atoms with van der Waals surface area (Å²) in [4.78, 5) is 0. The summed E-state index contributed by atoms with van der Waals surface area (Å²) in [5.41, 5.74) is 6.87. The highest BCUT2D eigenvalue weighted by Gasteiger charge is 2.27. The molecule has 0 bridgehead atoms. The molecule has 102 valence electrons. The van der Waals surface area contributed by atoms with Crippen molar-refractivity contribution in [1.82, 2.24) is 0 Å². The second kappa shape index (κ2) is 6.76. The van der Waals surface area contributed by atoms with Crippen molar-refractivity contribution < 1.29 is 9.84 Å². The van der Waals surface area contributed by atoms with Crippen molar-refractivity contribution in [2.45, 2.75) is 32.8 Å². The van der Waals surface area contributed by atoms with Gasteiger partial charge in [0, 0.05) is 12.5 Å². The standard InChI is InChI=1S/C15H25NO2/c1-10(2)11(3)15(17)14(9-16)12-6-5-7-13(8-12)18-4/h5-8,10-11,14-15,17H,9,16H2,1-4H3. The first-order valence-corrected chi connectivity index (χ1v) is 6.53. The minimum Gasteiger partial charge on any atom is -0.497 e. The van der Waals surface area contributed by atoms with Crippen molar-refractivity contribution in [2.75, 3.05) is 13.7 Å². The highest BCUT2D eigenvalue weighted by Crippen LogP contribution is 2.29. The quantitative estimate of drug-likeness (QED) is 0.816. The first kappa shape index (κ1) is 15.0. The van der Waals surface area contributed by atoms with E-state index >= 15 is 0 Å². The van der Waals surface area contributed by atoms with Crippen LogP contribution < -0.4 is 10.5 Å². The molecule has 0 saturated heterocycles. The average Bonchev–Trinajstić information content (AvgIpc) is 2.38. The van der Waals surface area contributed by atoms with Crippen molar-refractivity contribution in [2.24, 2.45) is 17.6 Å². The molecule has 0 aliphatic heterocycles. The van der Waals surface area contributed by atoms with Gasteiger partial charge in [-0.2, -0.15) is 0 Å². The molecule has 3 unspecified atom stereocenters. The Morgan fingerprint density at radius 2 is 1.94 bits per heavy atom. The van der Waals surface area contributed by atoms with Gasteiger partial charge in [0.25, 0.3) is 0 Å². The molecule has 0 aliphatic rings. The van der Waals surface area contributed by atoms with Crippen LogP contribution in [-0.4, -0.2) is 24.9 Å². The zero-order chi connectivity index (χ0) is 13.7. The minimum absolute atomic E-state index is 0.0440. The number of hydrogen-bond acceptors (Lipinski definition) is 3. The van der Waals surface area contributed by atoms with Gasteiger partial charge in [-0.3, -0.25) is 0 Å². The highest BCUT2D eigenvalue weighted by molar-refractivity contribution is 5.31. The maximum atomic E-state index is 10.4. The van der Waals surface area contributed by atoms with Crippen molar-refractivity contribution in [3.63, 3.8) is 0 Å². The average molecular weight is 251 g/mol. The lowest BCUT2D eigenvalue weighted by Crippen LogP contribution is -2.33. The fourth-order valence-corrected chi connectivity index (χ4v) is 2.11. The molecule has 0 heterocycles. The van der Waals surface area contributed by atoms with Crippen LogP contribution in [0.2, 0.25) is 0 Å². The highest BCUT2D eigenvalue weighted by atomic mass is 16.5. The Balaban J connectivity index is 2.94. The van der Waals surface area contributed by atoms with E-state index in [4.69, 9.17) is 10.5 Å². The molecule has 18 heavy (non-hydrogen) atoms. The van der Waals surface area contributed by atoms with E-state index < -0.39 is 6.10 Å². The van der Waals surface area contributed by atoms with Crippen LogP contribution in [0.25, 0.3) is 0 Å². The molecular weight excluding hydrogens is 226 g/mol. The Bertz CT molecular complexity index is 365. The summed E-state index contributed by atoms with van der Waals surface area (Å²) < 4.78 is 5.21. The van der Waals surface area contributed by atoms with Crippen LogP contribution >= 0.6 is 0 Å². The van der Waals surface area contributed by atoms with Crippen LogP contribution in [0.4, 0.5) is 0 Å². The number of rotatable bonds is 6. The topological polar surface area (TPSA) is 55.5 Å². The number of benzene rings is 1. The van der Waals surface area contributed by atoms with Gasteiger partial charge in [0.05, 0.1) is 13.2 Å². The van der Waals surface area contributed by atoms with E-state index in [2.05, 4.69) is 20.8 Å². The lowest BCUT2D eigenvalue weighted by molar-refractivity contribution is 0.0683. The Morgan fingerprint density at radius 3 is 2.44 bits per heavy atom.